The molecule has 0 saturated carbocycles. The van der Waals surface area contributed by atoms with Gasteiger partial charge in [-0.05, 0) is 38.7 Å². The predicted molar refractivity (Wildman–Crippen MR) is 73.5 cm³/mol. The molecule has 0 aliphatic rings. The highest BCUT2D eigenvalue weighted by Gasteiger charge is 2.16. The van der Waals surface area contributed by atoms with Gasteiger partial charge in [0.15, 0.2) is 0 Å². The fourth-order valence-corrected chi connectivity index (χ4v) is 1.66. The summed E-state index contributed by atoms with van der Waals surface area (Å²) in [7, 11) is 0. The Morgan fingerprint density at radius 2 is 1.89 bits per heavy atom. The summed E-state index contributed by atoms with van der Waals surface area (Å²) in [6, 6.07) is 10.3. The Labute approximate surface area is 110 Å². The molecular formula is C15H23NO2. The summed E-state index contributed by atoms with van der Waals surface area (Å²) in [5.41, 5.74) is 0.850. The minimum Gasteiger partial charge on any atom is -0.444 e. The molecule has 0 saturated heterocycles. The van der Waals surface area contributed by atoms with Gasteiger partial charge in [0, 0.05) is 6.54 Å². The molecule has 0 aliphatic heterocycles. The molecule has 3 heteroatoms. The number of hydrogen-bond donors (Lipinski definition) is 1. The minimum absolute atomic E-state index is 0.345. The van der Waals surface area contributed by atoms with Gasteiger partial charge in [-0.2, -0.15) is 0 Å². The van der Waals surface area contributed by atoms with Crippen molar-refractivity contribution in [1.29, 1.82) is 0 Å². The molecule has 0 fully saturated rings. The van der Waals surface area contributed by atoms with Gasteiger partial charge in [0.2, 0.25) is 0 Å². The maximum absolute atomic E-state index is 11.5. The lowest BCUT2D eigenvalue weighted by Gasteiger charge is -2.20. The monoisotopic (exact) mass is 249 g/mol. The normalized spacial score (nSPS) is 12.9. The van der Waals surface area contributed by atoms with Crippen LogP contribution in [0.1, 0.15) is 33.3 Å². The van der Waals surface area contributed by atoms with Crippen LogP contribution in [0.4, 0.5) is 4.79 Å². The quantitative estimate of drug-likeness (QED) is 0.888. The lowest BCUT2D eigenvalue weighted by molar-refractivity contribution is 0.0520. The van der Waals surface area contributed by atoms with E-state index in [-0.39, 0.29) is 6.09 Å². The standard InChI is InChI=1S/C15H23NO2/c1-12(10-13-8-6-5-7-9-13)11-16-14(17)18-15(2,3)4/h5-9,12H,10-11H2,1-4H3,(H,16,17). The molecule has 0 heterocycles. The van der Waals surface area contributed by atoms with Crippen LogP contribution in [0.2, 0.25) is 0 Å². The topological polar surface area (TPSA) is 38.3 Å². The van der Waals surface area contributed by atoms with Gasteiger partial charge in [0.05, 0.1) is 0 Å². The van der Waals surface area contributed by atoms with Gasteiger partial charge < -0.3 is 10.1 Å². The summed E-state index contributed by atoms with van der Waals surface area (Å²) >= 11 is 0. The summed E-state index contributed by atoms with van der Waals surface area (Å²) in [6.45, 7) is 8.33. The summed E-state index contributed by atoms with van der Waals surface area (Å²) in [6.07, 6.45) is 0.610. The van der Waals surface area contributed by atoms with E-state index < -0.39 is 5.60 Å². The average molecular weight is 249 g/mol. The highest BCUT2D eigenvalue weighted by Crippen LogP contribution is 2.09. The Morgan fingerprint density at radius 1 is 1.28 bits per heavy atom. The lowest BCUT2D eigenvalue weighted by Crippen LogP contribution is -2.35. The van der Waals surface area contributed by atoms with Gasteiger partial charge in [0.1, 0.15) is 5.60 Å². The van der Waals surface area contributed by atoms with Crippen molar-refractivity contribution in [2.45, 2.75) is 39.7 Å². The molecule has 1 N–H and O–H groups in total. The van der Waals surface area contributed by atoms with Crippen molar-refractivity contribution in [2.75, 3.05) is 6.54 Å². The molecule has 1 amide bonds. The van der Waals surface area contributed by atoms with Crippen LogP contribution in [0.5, 0.6) is 0 Å². The van der Waals surface area contributed by atoms with E-state index in [0.717, 1.165) is 6.42 Å². The first-order chi connectivity index (χ1) is 8.37. The number of benzene rings is 1. The van der Waals surface area contributed by atoms with Crippen LogP contribution in [0, 0.1) is 5.92 Å². The average Bonchev–Trinajstić information content (AvgIpc) is 2.25. The zero-order valence-electron chi connectivity index (χ0n) is 11.7. The second kappa shape index (κ2) is 6.43. The number of carbonyl (C=O) groups excluding carboxylic acids is 1. The molecule has 1 aromatic carbocycles. The van der Waals surface area contributed by atoms with E-state index in [9.17, 15) is 4.79 Å². The molecule has 0 radical (unpaired) electrons. The van der Waals surface area contributed by atoms with E-state index in [1.54, 1.807) is 0 Å². The Hall–Kier alpha value is -1.51. The van der Waals surface area contributed by atoms with Crippen molar-refractivity contribution in [3.63, 3.8) is 0 Å². The SMILES string of the molecule is CC(CNC(=O)OC(C)(C)C)Cc1ccccc1. The fourth-order valence-electron chi connectivity index (χ4n) is 1.66. The van der Waals surface area contributed by atoms with Gasteiger partial charge >= 0.3 is 6.09 Å². The van der Waals surface area contributed by atoms with Crippen molar-refractivity contribution in [2.24, 2.45) is 5.92 Å². The molecule has 0 aliphatic carbocycles. The third-order valence-electron chi connectivity index (χ3n) is 2.42. The van der Waals surface area contributed by atoms with E-state index in [1.165, 1.54) is 5.56 Å². The number of carbonyl (C=O) groups is 1. The molecule has 100 valence electrons. The number of nitrogens with one attached hydrogen (secondary N) is 1. The molecule has 1 aromatic rings. The van der Waals surface area contributed by atoms with Crippen LogP contribution in [0.25, 0.3) is 0 Å². The second-order valence-electron chi connectivity index (χ2n) is 5.68. The van der Waals surface area contributed by atoms with Crippen molar-refractivity contribution in [3.8, 4) is 0 Å². The van der Waals surface area contributed by atoms with E-state index in [1.807, 2.05) is 39.0 Å². The largest absolute Gasteiger partial charge is 0.444 e. The highest BCUT2D eigenvalue weighted by molar-refractivity contribution is 5.67. The number of rotatable bonds is 4. The van der Waals surface area contributed by atoms with Gasteiger partial charge in [0.25, 0.3) is 0 Å². The zero-order valence-corrected chi connectivity index (χ0v) is 11.7. The Morgan fingerprint density at radius 3 is 2.44 bits per heavy atom. The Bertz CT molecular complexity index is 368. The van der Waals surface area contributed by atoms with E-state index in [2.05, 4.69) is 24.4 Å². The molecule has 1 rings (SSSR count). The van der Waals surface area contributed by atoms with Crippen LogP contribution < -0.4 is 5.32 Å². The van der Waals surface area contributed by atoms with Crippen LogP contribution in [0.15, 0.2) is 30.3 Å². The number of alkyl carbamates (subject to hydrolysis) is 1. The Kier molecular flexibility index (Phi) is 5.20. The van der Waals surface area contributed by atoms with Crippen molar-refractivity contribution >= 4 is 6.09 Å². The van der Waals surface area contributed by atoms with Crippen LogP contribution in [0.3, 0.4) is 0 Å². The van der Waals surface area contributed by atoms with Gasteiger partial charge in [-0.25, -0.2) is 4.79 Å². The Balaban J connectivity index is 2.29. The van der Waals surface area contributed by atoms with Crippen molar-refractivity contribution in [3.05, 3.63) is 35.9 Å². The third kappa shape index (κ3) is 6.28. The zero-order chi connectivity index (χ0) is 13.6. The van der Waals surface area contributed by atoms with Gasteiger partial charge in [-0.1, -0.05) is 37.3 Å². The summed E-state index contributed by atoms with van der Waals surface area (Å²) in [5.74, 6) is 0.389. The second-order valence-corrected chi connectivity index (χ2v) is 5.68. The molecule has 1 atom stereocenters. The predicted octanol–water partition coefficient (Wildman–Crippen LogP) is 3.39. The summed E-state index contributed by atoms with van der Waals surface area (Å²) < 4.78 is 5.19. The summed E-state index contributed by atoms with van der Waals surface area (Å²) in [5, 5.41) is 2.80. The van der Waals surface area contributed by atoms with Crippen LogP contribution in [-0.4, -0.2) is 18.2 Å². The van der Waals surface area contributed by atoms with Gasteiger partial charge in [-0.3, -0.25) is 0 Å². The smallest absolute Gasteiger partial charge is 0.407 e. The van der Waals surface area contributed by atoms with E-state index in [0.29, 0.717) is 12.5 Å². The minimum atomic E-state index is -0.438. The van der Waals surface area contributed by atoms with Crippen molar-refractivity contribution in [1.82, 2.24) is 5.32 Å². The summed E-state index contributed by atoms with van der Waals surface area (Å²) in [4.78, 5) is 11.5. The molecule has 0 spiro atoms. The fraction of sp³-hybridized carbons (Fsp3) is 0.533. The first kappa shape index (κ1) is 14.6. The molecular weight excluding hydrogens is 226 g/mol. The highest BCUT2D eigenvalue weighted by atomic mass is 16.6. The maximum Gasteiger partial charge on any atom is 0.407 e. The molecule has 1 unspecified atom stereocenters. The lowest BCUT2D eigenvalue weighted by atomic mass is 10.0. The molecule has 18 heavy (non-hydrogen) atoms. The number of amides is 1. The first-order valence-corrected chi connectivity index (χ1v) is 6.37. The van der Waals surface area contributed by atoms with Crippen LogP contribution >= 0.6 is 0 Å². The maximum atomic E-state index is 11.5. The number of ether oxygens (including phenoxy) is 1. The van der Waals surface area contributed by atoms with Crippen LogP contribution in [-0.2, 0) is 11.2 Å². The molecule has 3 nitrogen and oxygen atoms in total. The first-order valence-electron chi connectivity index (χ1n) is 6.37. The molecule has 0 bridgehead atoms. The van der Waals surface area contributed by atoms with Gasteiger partial charge in [-0.15, -0.1) is 0 Å². The third-order valence-corrected chi connectivity index (χ3v) is 2.42. The number of hydrogen-bond acceptors (Lipinski definition) is 2. The van der Waals surface area contributed by atoms with E-state index >= 15 is 0 Å². The van der Waals surface area contributed by atoms with E-state index in [4.69, 9.17) is 4.74 Å². The molecule has 0 aromatic heterocycles. The van der Waals surface area contributed by atoms with Crippen molar-refractivity contribution < 1.29 is 9.53 Å².